The fourth-order valence-corrected chi connectivity index (χ4v) is 3.59. The van der Waals surface area contributed by atoms with Crippen LogP contribution in [0.4, 0.5) is 10.6 Å². The molecule has 0 aromatic carbocycles. The zero-order valence-corrected chi connectivity index (χ0v) is 15.3. The Balaban J connectivity index is 1.56. The van der Waals surface area contributed by atoms with Gasteiger partial charge in [0.25, 0.3) is 5.91 Å². The molecule has 3 N–H and O–H groups in total. The maximum absolute atomic E-state index is 12.5. The van der Waals surface area contributed by atoms with Crippen LogP contribution in [0.5, 0.6) is 0 Å². The van der Waals surface area contributed by atoms with Crippen molar-refractivity contribution in [3.8, 4) is 0 Å². The molecule has 26 heavy (non-hydrogen) atoms. The lowest BCUT2D eigenvalue weighted by molar-refractivity contribution is 0.1000. The Morgan fingerprint density at radius 3 is 2.65 bits per heavy atom. The molecule has 1 aromatic rings. The standard InChI is InChI=1S/C19H27N5O2/c1-14(15-6-3-2-4-7-15)22-19(26)24-12-10-23(11-13-24)18-16(17(20)25)8-5-9-21-18/h5-6,8-9,14H,2-4,7,10-13H2,1H3,(H2,20,25)(H,22,26). The molecule has 0 saturated carbocycles. The summed E-state index contributed by atoms with van der Waals surface area (Å²) in [6, 6.07) is 3.44. The number of carbonyl (C=O) groups excluding carboxylic acids is 2. The van der Waals surface area contributed by atoms with Gasteiger partial charge in [-0.1, -0.05) is 11.6 Å². The molecular weight excluding hydrogens is 330 g/mol. The SMILES string of the molecule is CC(NC(=O)N1CCN(c2ncccc2C(N)=O)CC1)C1=CCCCC1. The number of primary amides is 1. The first-order chi connectivity index (χ1) is 12.6. The molecule has 1 unspecified atom stereocenters. The molecule has 3 amide bonds. The van der Waals surface area contributed by atoms with Crippen LogP contribution in [0.1, 0.15) is 43.0 Å². The summed E-state index contributed by atoms with van der Waals surface area (Å²) in [5.74, 6) is 0.114. The molecule has 2 aliphatic rings. The minimum Gasteiger partial charge on any atom is -0.365 e. The molecule has 1 aromatic heterocycles. The van der Waals surface area contributed by atoms with Crippen molar-refractivity contribution in [1.82, 2.24) is 15.2 Å². The van der Waals surface area contributed by atoms with E-state index in [0.29, 0.717) is 37.6 Å². The van der Waals surface area contributed by atoms with Gasteiger partial charge in [0.1, 0.15) is 5.82 Å². The van der Waals surface area contributed by atoms with Crippen LogP contribution < -0.4 is 16.0 Å². The predicted molar refractivity (Wildman–Crippen MR) is 101 cm³/mol. The van der Waals surface area contributed by atoms with E-state index in [4.69, 9.17) is 5.73 Å². The van der Waals surface area contributed by atoms with Crippen LogP contribution in [0.2, 0.25) is 0 Å². The molecule has 1 fully saturated rings. The van der Waals surface area contributed by atoms with E-state index >= 15 is 0 Å². The summed E-state index contributed by atoms with van der Waals surface area (Å²) >= 11 is 0. The number of rotatable bonds is 4. The van der Waals surface area contributed by atoms with Gasteiger partial charge >= 0.3 is 6.03 Å². The normalized spacial score (nSPS) is 18.9. The maximum Gasteiger partial charge on any atom is 0.317 e. The van der Waals surface area contributed by atoms with Crippen molar-refractivity contribution in [2.24, 2.45) is 5.73 Å². The van der Waals surface area contributed by atoms with Gasteiger partial charge in [0.15, 0.2) is 0 Å². The van der Waals surface area contributed by atoms with Crippen LogP contribution in [0, 0.1) is 0 Å². The number of urea groups is 1. The zero-order valence-electron chi connectivity index (χ0n) is 15.3. The van der Waals surface area contributed by atoms with Gasteiger partial charge in [-0.3, -0.25) is 4.79 Å². The highest BCUT2D eigenvalue weighted by molar-refractivity contribution is 5.97. The van der Waals surface area contributed by atoms with Gasteiger partial charge in [0.05, 0.1) is 5.56 Å². The number of nitrogens with one attached hydrogen (secondary N) is 1. The Morgan fingerprint density at radius 1 is 1.23 bits per heavy atom. The zero-order chi connectivity index (χ0) is 18.5. The topological polar surface area (TPSA) is 91.6 Å². The number of allylic oxidation sites excluding steroid dienone is 1. The second-order valence-corrected chi connectivity index (χ2v) is 6.91. The Kier molecular flexibility index (Phi) is 5.75. The van der Waals surface area contributed by atoms with Crippen molar-refractivity contribution in [2.45, 2.75) is 38.6 Å². The molecule has 0 radical (unpaired) electrons. The molecule has 1 atom stereocenters. The maximum atomic E-state index is 12.5. The average molecular weight is 357 g/mol. The first-order valence-electron chi connectivity index (χ1n) is 9.30. The second kappa shape index (κ2) is 8.21. The molecule has 0 spiro atoms. The quantitative estimate of drug-likeness (QED) is 0.805. The van der Waals surface area contributed by atoms with Crippen LogP contribution in [0.3, 0.4) is 0 Å². The highest BCUT2D eigenvalue weighted by atomic mass is 16.2. The molecule has 140 valence electrons. The van der Waals surface area contributed by atoms with E-state index in [1.807, 2.05) is 9.80 Å². The lowest BCUT2D eigenvalue weighted by atomic mass is 9.95. The smallest absolute Gasteiger partial charge is 0.317 e. The number of carbonyl (C=O) groups is 2. The van der Waals surface area contributed by atoms with E-state index < -0.39 is 5.91 Å². The first kappa shape index (κ1) is 18.2. The summed E-state index contributed by atoms with van der Waals surface area (Å²) in [6.07, 6.45) is 8.55. The summed E-state index contributed by atoms with van der Waals surface area (Å²) in [4.78, 5) is 32.3. The molecule has 2 heterocycles. The van der Waals surface area contributed by atoms with E-state index in [1.165, 1.54) is 18.4 Å². The number of amides is 3. The van der Waals surface area contributed by atoms with E-state index in [-0.39, 0.29) is 12.1 Å². The van der Waals surface area contributed by atoms with Gasteiger partial charge in [0.2, 0.25) is 0 Å². The lowest BCUT2D eigenvalue weighted by Crippen LogP contribution is -2.53. The minimum atomic E-state index is -0.483. The van der Waals surface area contributed by atoms with Crippen LogP contribution in [0.15, 0.2) is 30.0 Å². The third kappa shape index (κ3) is 4.15. The molecule has 7 nitrogen and oxygen atoms in total. The molecule has 3 rings (SSSR count). The van der Waals surface area contributed by atoms with Gasteiger partial charge in [-0.25, -0.2) is 9.78 Å². The summed E-state index contributed by atoms with van der Waals surface area (Å²) in [6.45, 7) is 4.49. The second-order valence-electron chi connectivity index (χ2n) is 6.91. The number of hydrogen-bond acceptors (Lipinski definition) is 4. The Hall–Kier alpha value is -2.57. The van der Waals surface area contributed by atoms with Crippen LogP contribution in [-0.2, 0) is 0 Å². The molecule has 1 aliphatic heterocycles. The number of pyridine rings is 1. The number of piperazine rings is 1. The van der Waals surface area contributed by atoms with E-state index in [2.05, 4.69) is 23.3 Å². The largest absolute Gasteiger partial charge is 0.365 e. The van der Waals surface area contributed by atoms with Crippen molar-refractivity contribution >= 4 is 17.8 Å². The monoisotopic (exact) mass is 357 g/mol. The Bertz CT molecular complexity index is 695. The molecule has 0 bridgehead atoms. The van der Waals surface area contributed by atoms with Gasteiger partial charge < -0.3 is 20.9 Å². The van der Waals surface area contributed by atoms with Crippen molar-refractivity contribution in [1.29, 1.82) is 0 Å². The fraction of sp³-hybridized carbons (Fsp3) is 0.526. The van der Waals surface area contributed by atoms with Gasteiger partial charge in [-0.15, -0.1) is 0 Å². The molecular formula is C19H27N5O2. The predicted octanol–water partition coefficient (Wildman–Crippen LogP) is 1.90. The third-order valence-electron chi connectivity index (χ3n) is 5.14. The van der Waals surface area contributed by atoms with Crippen LogP contribution in [0.25, 0.3) is 0 Å². The molecule has 1 aliphatic carbocycles. The van der Waals surface area contributed by atoms with Gasteiger partial charge in [-0.05, 0) is 44.7 Å². The van der Waals surface area contributed by atoms with Crippen molar-refractivity contribution in [3.05, 3.63) is 35.5 Å². The average Bonchev–Trinajstić information content (AvgIpc) is 2.68. The number of hydrogen-bond donors (Lipinski definition) is 2. The highest BCUT2D eigenvalue weighted by Gasteiger charge is 2.25. The van der Waals surface area contributed by atoms with Crippen LogP contribution in [-0.4, -0.2) is 54.0 Å². The summed E-state index contributed by atoms with van der Waals surface area (Å²) in [5.41, 5.74) is 7.19. The number of nitrogens with two attached hydrogens (primary N) is 1. The number of aromatic nitrogens is 1. The number of nitrogens with zero attached hydrogens (tertiary/aromatic N) is 3. The van der Waals surface area contributed by atoms with E-state index in [0.717, 1.165) is 12.8 Å². The van der Waals surface area contributed by atoms with Crippen molar-refractivity contribution < 1.29 is 9.59 Å². The van der Waals surface area contributed by atoms with Crippen molar-refractivity contribution in [2.75, 3.05) is 31.1 Å². The summed E-state index contributed by atoms with van der Waals surface area (Å²) < 4.78 is 0. The summed E-state index contributed by atoms with van der Waals surface area (Å²) in [5, 5.41) is 3.11. The Morgan fingerprint density at radius 2 is 2.00 bits per heavy atom. The van der Waals surface area contributed by atoms with Gasteiger partial charge in [-0.2, -0.15) is 0 Å². The molecule has 1 saturated heterocycles. The van der Waals surface area contributed by atoms with E-state index in [1.54, 1.807) is 18.3 Å². The highest BCUT2D eigenvalue weighted by Crippen LogP contribution is 2.21. The summed E-state index contributed by atoms with van der Waals surface area (Å²) in [7, 11) is 0. The Labute approximate surface area is 154 Å². The first-order valence-corrected chi connectivity index (χ1v) is 9.30. The van der Waals surface area contributed by atoms with Crippen molar-refractivity contribution in [3.63, 3.8) is 0 Å². The fourth-order valence-electron chi connectivity index (χ4n) is 3.59. The number of anilines is 1. The van der Waals surface area contributed by atoms with Gasteiger partial charge in [0, 0.05) is 38.4 Å². The minimum absolute atomic E-state index is 0.0280. The van der Waals surface area contributed by atoms with E-state index in [9.17, 15) is 9.59 Å². The molecule has 7 heteroatoms. The third-order valence-corrected chi connectivity index (χ3v) is 5.14. The lowest BCUT2D eigenvalue weighted by Gasteiger charge is -2.36. The van der Waals surface area contributed by atoms with Crippen LogP contribution >= 0.6 is 0 Å².